The van der Waals surface area contributed by atoms with E-state index in [4.69, 9.17) is 18.6 Å². The van der Waals surface area contributed by atoms with Crippen LogP contribution in [0.25, 0.3) is 27.7 Å². The lowest BCUT2D eigenvalue weighted by molar-refractivity contribution is -0.116. The van der Waals surface area contributed by atoms with E-state index >= 15 is 0 Å². The molecule has 3 aromatic rings. The van der Waals surface area contributed by atoms with E-state index in [0.29, 0.717) is 19.8 Å². The first kappa shape index (κ1) is 22.4. The van der Waals surface area contributed by atoms with Crippen LogP contribution in [0, 0.1) is 6.92 Å². The predicted octanol–water partition coefficient (Wildman–Crippen LogP) is 4.98. The summed E-state index contributed by atoms with van der Waals surface area (Å²) < 4.78 is 22.4. The summed E-state index contributed by atoms with van der Waals surface area (Å²) in [6, 6.07) is 9.84. The van der Waals surface area contributed by atoms with Gasteiger partial charge < -0.3 is 23.9 Å². The van der Waals surface area contributed by atoms with E-state index in [2.05, 4.69) is 5.32 Å². The van der Waals surface area contributed by atoms with E-state index in [9.17, 15) is 4.79 Å². The van der Waals surface area contributed by atoms with Crippen molar-refractivity contribution in [1.82, 2.24) is 5.32 Å². The van der Waals surface area contributed by atoms with Crippen LogP contribution in [0.15, 0.2) is 47.1 Å². The molecule has 1 amide bonds. The highest BCUT2D eigenvalue weighted by Crippen LogP contribution is 2.42. The Labute approximate surface area is 182 Å². The van der Waals surface area contributed by atoms with Gasteiger partial charge in [0.25, 0.3) is 0 Å². The number of ether oxygens (including phenoxy) is 3. The molecule has 0 saturated heterocycles. The maximum absolute atomic E-state index is 12.3. The van der Waals surface area contributed by atoms with Gasteiger partial charge in [-0.15, -0.1) is 0 Å². The molecular formula is C25H29NO5. The Kier molecular flexibility index (Phi) is 7.36. The fourth-order valence-corrected chi connectivity index (χ4v) is 3.62. The van der Waals surface area contributed by atoms with Crippen LogP contribution in [-0.2, 0) is 9.53 Å². The first-order valence-corrected chi connectivity index (χ1v) is 10.3. The Bertz CT molecular complexity index is 1100. The molecule has 0 atom stereocenters. The number of fused-ring (bicyclic) bond motifs is 1. The number of hydrogen-bond donors (Lipinski definition) is 1. The number of hydrogen-bond acceptors (Lipinski definition) is 5. The SMILES string of the molecule is CCOc1c(/C(C)=C/C(=O)NCCOC)cc2c(-c3ccccc3OC)coc2c1C. The van der Waals surface area contributed by atoms with E-state index in [1.807, 2.05) is 51.1 Å². The molecule has 3 rings (SSSR count). The molecule has 1 aromatic heterocycles. The maximum Gasteiger partial charge on any atom is 0.244 e. The van der Waals surface area contributed by atoms with Crippen LogP contribution in [0.5, 0.6) is 11.5 Å². The lowest BCUT2D eigenvalue weighted by Gasteiger charge is -2.15. The topological polar surface area (TPSA) is 69.9 Å². The van der Waals surface area contributed by atoms with E-state index in [1.54, 1.807) is 26.6 Å². The molecule has 0 saturated carbocycles. The number of benzene rings is 2. The van der Waals surface area contributed by atoms with Crippen LogP contribution in [0.2, 0.25) is 0 Å². The molecule has 0 aliphatic heterocycles. The van der Waals surface area contributed by atoms with Crippen LogP contribution in [0.1, 0.15) is 25.0 Å². The highest BCUT2D eigenvalue weighted by molar-refractivity contribution is 6.02. The molecule has 0 unspecified atom stereocenters. The molecule has 0 bridgehead atoms. The third-order valence-electron chi connectivity index (χ3n) is 5.11. The Morgan fingerprint density at radius 1 is 1.19 bits per heavy atom. The number of amides is 1. The predicted molar refractivity (Wildman–Crippen MR) is 123 cm³/mol. The summed E-state index contributed by atoms with van der Waals surface area (Å²) in [7, 11) is 3.25. The second kappa shape index (κ2) is 10.2. The summed E-state index contributed by atoms with van der Waals surface area (Å²) in [5.41, 5.74) is 5.17. The normalized spacial score (nSPS) is 11.6. The first-order valence-electron chi connectivity index (χ1n) is 10.3. The quantitative estimate of drug-likeness (QED) is 0.388. The van der Waals surface area contributed by atoms with Crippen molar-refractivity contribution in [1.29, 1.82) is 0 Å². The van der Waals surface area contributed by atoms with E-state index < -0.39 is 0 Å². The summed E-state index contributed by atoms with van der Waals surface area (Å²) in [5, 5.41) is 3.76. The lowest BCUT2D eigenvalue weighted by atomic mass is 9.96. The maximum atomic E-state index is 12.3. The molecule has 0 aliphatic rings. The largest absolute Gasteiger partial charge is 0.496 e. The molecule has 31 heavy (non-hydrogen) atoms. The van der Waals surface area contributed by atoms with Crippen molar-refractivity contribution in [3.05, 3.63) is 53.8 Å². The number of furan rings is 1. The summed E-state index contributed by atoms with van der Waals surface area (Å²) in [4.78, 5) is 12.3. The van der Waals surface area contributed by atoms with Gasteiger partial charge in [-0.25, -0.2) is 0 Å². The molecule has 1 heterocycles. The van der Waals surface area contributed by atoms with Crippen LogP contribution >= 0.6 is 0 Å². The smallest absolute Gasteiger partial charge is 0.244 e. The number of rotatable bonds is 9. The number of nitrogens with one attached hydrogen (secondary N) is 1. The number of para-hydroxylation sites is 1. The van der Waals surface area contributed by atoms with Crippen LogP contribution < -0.4 is 14.8 Å². The van der Waals surface area contributed by atoms with Gasteiger partial charge in [0.1, 0.15) is 17.1 Å². The Balaban J connectivity index is 2.14. The minimum Gasteiger partial charge on any atom is -0.496 e. The van der Waals surface area contributed by atoms with Crippen molar-refractivity contribution in [2.45, 2.75) is 20.8 Å². The van der Waals surface area contributed by atoms with Crippen molar-refractivity contribution in [2.75, 3.05) is 34.0 Å². The van der Waals surface area contributed by atoms with Crippen molar-refractivity contribution in [2.24, 2.45) is 0 Å². The first-order chi connectivity index (χ1) is 15.0. The molecule has 6 nitrogen and oxygen atoms in total. The number of aryl methyl sites for hydroxylation is 1. The second-order valence-corrected chi connectivity index (χ2v) is 7.15. The second-order valence-electron chi connectivity index (χ2n) is 7.15. The van der Waals surface area contributed by atoms with Gasteiger partial charge in [-0.3, -0.25) is 4.79 Å². The zero-order valence-electron chi connectivity index (χ0n) is 18.7. The Hall–Kier alpha value is -3.25. The summed E-state index contributed by atoms with van der Waals surface area (Å²) in [6.45, 7) is 7.24. The lowest BCUT2D eigenvalue weighted by Crippen LogP contribution is -2.25. The molecule has 0 spiro atoms. The van der Waals surface area contributed by atoms with Crippen LogP contribution in [-0.4, -0.2) is 39.9 Å². The number of allylic oxidation sites excluding steroid dienone is 1. The van der Waals surface area contributed by atoms with E-state index in [-0.39, 0.29) is 5.91 Å². The third-order valence-corrected chi connectivity index (χ3v) is 5.11. The van der Waals surface area contributed by atoms with Gasteiger partial charge in [0.2, 0.25) is 5.91 Å². The van der Waals surface area contributed by atoms with Gasteiger partial charge in [-0.2, -0.15) is 0 Å². The number of methoxy groups -OCH3 is 2. The highest BCUT2D eigenvalue weighted by atomic mass is 16.5. The minimum atomic E-state index is -0.174. The zero-order chi connectivity index (χ0) is 22.4. The van der Waals surface area contributed by atoms with Gasteiger partial charge in [-0.05, 0) is 38.5 Å². The molecule has 6 heteroatoms. The van der Waals surface area contributed by atoms with E-state index in [0.717, 1.165) is 50.3 Å². The summed E-state index contributed by atoms with van der Waals surface area (Å²) in [5.74, 6) is 1.31. The van der Waals surface area contributed by atoms with Gasteiger partial charge in [-0.1, -0.05) is 18.2 Å². The van der Waals surface area contributed by atoms with Crippen molar-refractivity contribution < 1.29 is 23.4 Å². The van der Waals surface area contributed by atoms with Crippen molar-refractivity contribution in [3.8, 4) is 22.6 Å². The van der Waals surface area contributed by atoms with Gasteiger partial charge in [0, 0.05) is 47.4 Å². The highest BCUT2D eigenvalue weighted by Gasteiger charge is 2.20. The van der Waals surface area contributed by atoms with Gasteiger partial charge in [0.15, 0.2) is 0 Å². The molecule has 0 aliphatic carbocycles. The molecule has 0 fully saturated rings. The van der Waals surface area contributed by atoms with Gasteiger partial charge in [0.05, 0.1) is 26.6 Å². The standard InChI is InChI=1S/C25H29NO5/c1-6-30-24-17(3)25-20(14-19(24)16(2)13-23(27)26-11-12-28-4)21(15-31-25)18-9-7-8-10-22(18)29-5/h7-10,13-15H,6,11-12H2,1-5H3,(H,26,27)/b16-13+. The molecular weight excluding hydrogens is 394 g/mol. The third kappa shape index (κ3) is 4.75. The molecule has 1 N–H and O–H groups in total. The average Bonchev–Trinajstić information content (AvgIpc) is 3.19. The zero-order valence-corrected chi connectivity index (χ0v) is 18.7. The summed E-state index contributed by atoms with van der Waals surface area (Å²) >= 11 is 0. The number of carbonyl (C=O) groups is 1. The molecule has 164 valence electrons. The van der Waals surface area contributed by atoms with Gasteiger partial charge >= 0.3 is 0 Å². The minimum absolute atomic E-state index is 0.174. The molecule has 0 radical (unpaired) electrons. The number of carbonyl (C=O) groups excluding carboxylic acids is 1. The summed E-state index contributed by atoms with van der Waals surface area (Å²) in [6.07, 6.45) is 3.33. The fraction of sp³-hybridized carbons (Fsp3) is 0.320. The monoisotopic (exact) mass is 423 g/mol. The average molecular weight is 424 g/mol. The Morgan fingerprint density at radius 2 is 1.97 bits per heavy atom. The molecule has 2 aromatic carbocycles. The van der Waals surface area contributed by atoms with Crippen LogP contribution in [0.4, 0.5) is 0 Å². The Morgan fingerprint density at radius 3 is 2.68 bits per heavy atom. The fourth-order valence-electron chi connectivity index (χ4n) is 3.62. The van der Waals surface area contributed by atoms with E-state index in [1.165, 1.54) is 0 Å². The van der Waals surface area contributed by atoms with Crippen molar-refractivity contribution in [3.63, 3.8) is 0 Å². The van der Waals surface area contributed by atoms with Crippen molar-refractivity contribution >= 4 is 22.4 Å². The van der Waals surface area contributed by atoms with Crippen LogP contribution in [0.3, 0.4) is 0 Å².